The van der Waals surface area contributed by atoms with E-state index < -0.39 is 17.4 Å². The van der Waals surface area contributed by atoms with Gasteiger partial charge in [0.25, 0.3) is 0 Å². The van der Waals surface area contributed by atoms with Gasteiger partial charge in [-0.15, -0.1) is 24.7 Å². The molecule has 0 saturated carbocycles. The van der Waals surface area contributed by atoms with Gasteiger partial charge < -0.3 is 10.2 Å². The van der Waals surface area contributed by atoms with Crippen molar-refractivity contribution in [2.24, 2.45) is 5.41 Å². The summed E-state index contributed by atoms with van der Waals surface area (Å²) >= 11 is 0. The summed E-state index contributed by atoms with van der Waals surface area (Å²) in [6, 6.07) is 0. The highest BCUT2D eigenvalue weighted by atomic mass is 16.4. The van der Waals surface area contributed by atoms with Gasteiger partial charge in [-0.25, -0.2) is 0 Å². The van der Waals surface area contributed by atoms with Crippen molar-refractivity contribution in [3.63, 3.8) is 0 Å². The summed E-state index contributed by atoms with van der Waals surface area (Å²) in [5.41, 5.74) is -1.18. The van der Waals surface area contributed by atoms with E-state index in [1.54, 1.807) is 0 Å². The number of carboxylic acid groups (broad SMARTS) is 2. The average molecular weight is 222 g/mol. The highest BCUT2D eigenvalue weighted by Gasteiger charge is 2.36. The van der Waals surface area contributed by atoms with Crippen molar-refractivity contribution in [3.05, 3.63) is 0 Å². The van der Waals surface area contributed by atoms with E-state index in [9.17, 15) is 9.59 Å². The Bertz CT molecular complexity index is 327. The lowest BCUT2D eigenvalue weighted by atomic mass is 9.77. The van der Waals surface area contributed by atoms with Crippen LogP contribution in [0.3, 0.4) is 0 Å². The van der Waals surface area contributed by atoms with Crippen LogP contribution in [0.1, 0.15) is 32.1 Å². The molecule has 0 heterocycles. The van der Waals surface area contributed by atoms with Gasteiger partial charge in [0.15, 0.2) is 0 Å². The van der Waals surface area contributed by atoms with Gasteiger partial charge in [0.1, 0.15) is 0 Å². The molecule has 0 rings (SSSR count). The van der Waals surface area contributed by atoms with Gasteiger partial charge in [0.2, 0.25) is 0 Å². The first kappa shape index (κ1) is 14.1. The topological polar surface area (TPSA) is 74.6 Å². The smallest absolute Gasteiger partial charge is 0.311 e. The molecule has 4 nitrogen and oxygen atoms in total. The number of carbonyl (C=O) groups is 2. The Morgan fingerprint density at radius 3 is 1.94 bits per heavy atom. The lowest BCUT2D eigenvalue weighted by Crippen LogP contribution is -2.30. The summed E-state index contributed by atoms with van der Waals surface area (Å²) < 4.78 is 0. The summed E-state index contributed by atoms with van der Waals surface area (Å²) in [6.07, 6.45) is 10.6. The van der Waals surface area contributed by atoms with Crippen LogP contribution in [0, 0.1) is 30.1 Å². The highest BCUT2D eigenvalue weighted by molar-refractivity contribution is 5.75. The third kappa shape index (κ3) is 4.06. The fourth-order valence-corrected chi connectivity index (χ4v) is 1.47. The molecule has 0 unspecified atom stereocenters. The number of hydrogen-bond acceptors (Lipinski definition) is 2. The van der Waals surface area contributed by atoms with Crippen molar-refractivity contribution in [2.45, 2.75) is 32.1 Å². The predicted octanol–water partition coefficient (Wildman–Crippen LogP) is 1.36. The lowest BCUT2D eigenvalue weighted by Gasteiger charge is -2.24. The summed E-state index contributed by atoms with van der Waals surface area (Å²) in [4.78, 5) is 21.5. The third-order valence-corrected chi connectivity index (χ3v) is 2.38. The minimum absolute atomic E-state index is 0.0200. The minimum Gasteiger partial charge on any atom is -0.481 e. The molecule has 0 aromatic carbocycles. The maximum absolute atomic E-state index is 11.1. The van der Waals surface area contributed by atoms with Crippen molar-refractivity contribution < 1.29 is 19.8 Å². The maximum atomic E-state index is 11.1. The van der Waals surface area contributed by atoms with Crippen molar-refractivity contribution in [1.29, 1.82) is 0 Å². The van der Waals surface area contributed by atoms with E-state index in [4.69, 9.17) is 23.1 Å². The fraction of sp³-hybridized carbons (Fsp3) is 0.500. The molecule has 2 N–H and O–H groups in total. The molecule has 0 amide bonds. The van der Waals surface area contributed by atoms with Crippen molar-refractivity contribution in [2.75, 3.05) is 0 Å². The van der Waals surface area contributed by atoms with E-state index in [0.717, 1.165) is 0 Å². The Kier molecular flexibility index (Phi) is 5.74. The molecule has 0 aliphatic carbocycles. The monoisotopic (exact) mass is 222 g/mol. The molecular weight excluding hydrogens is 208 g/mol. The largest absolute Gasteiger partial charge is 0.481 e. The van der Waals surface area contributed by atoms with Gasteiger partial charge in [-0.2, -0.15) is 0 Å². The average Bonchev–Trinajstić information content (AvgIpc) is 2.17. The van der Waals surface area contributed by atoms with Gasteiger partial charge in [0, 0.05) is 19.3 Å². The zero-order chi connectivity index (χ0) is 12.6. The Morgan fingerprint density at radius 2 is 1.62 bits per heavy atom. The number of aliphatic carboxylic acids is 2. The van der Waals surface area contributed by atoms with Crippen LogP contribution < -0.4 is 0 Å². The molecule has 4 heteroatoms. The molecule has 0 spiro atoms. The van der Waals surface area contributed by atoms with Crippen molar-refractivity contribution in [3.8, 4) is 24.7 Å². The molecule has 16 heavy (non-hydrogen) atoms. The van der Waals surface area contributed by atoms with Crippen molar-refractivity contribution >= 4 is 11.9 Å². The van der Waals surface area contributed by atoms with E-state index in [1.807, 2.05) is 0 Å². The van der Waals surface area contributed by atoms with E-state index >= 15 is 0 Å². The molecule has 0 aromatic heterocycles. The van der Waals surface area contributed by atoms with Crippen LogP contribution >= 0.6 is 0 Å². The van der Waals surface area contributed by atoms with Crippen LogP contribution in [0.2, 0.25) is 0 Å². The maximum Gasteiger partial charge on any atom is 0.311 e. The molecule has 0 aromatic rings. The summed E-state index contributed by atoms with van der Waals surface area (Å²) in [7, 11) is 0. The summed E-state index contributed by atoms with van der Waals surface area (Å²) in [6.45, 7) is 0. The summed E-state index contributed by atoms with van der Waals surface area (Å²) in [5.74, 6) is 2.56. The van der Waals surface area contributed by atoms with Crippen LogP contribution in [-0.2, 0) is 9.59 Å². The lowest BCUT2D eigenvalue weighted by molar-refractivity contribution is -0.149. The van der Waals surface area contributed by atoms with E-state index in [2.05, 4.69) is 11.8 Å². The Labute approximate surface area is 94.7 Å². The van der Waals surface area contributed by atoms with E-state index in [1.165, 1.54) is 0 Å². The first-order valence-electron chi connectivity index (χ1n) is 4.80. The molecule has 0 saturated heterocycles. The molecule has 0 bridgehead atoms. The molecule has 0 atom stereocenters. The first-order chi connectivity index (χ1) is 7.48. The molecular formula is C12H14O4. The first-order valence-corrected chi connectivity index (χ1v) is 4.80. The second-order valence-electron chi connectivity index (χ2n) is 3.59. The Hall–Kier alpha value is -1.94. The molecule has 86 valence electrons. The second-order valence-corrected chi connectivity index (χ2v) is 3.59. The predicted molar refractivity (Wildman–Crippen MR) is 58.5 cm³/mol. The van der Waals surface area contributed by atoms with Crippen molar-refractivity contribution in [1.82, 2.24) is 0 Å². The van der Waals surface area contributed by atoms with Crippen LogP contribution in [0.4, 0.5) is 0 Å². The standard InChI is InChI=1S/C12H14O4/c1-3-7-12(8-4-2,11(15)16)9-5-6-10(13)14/h1-2H,5-9H2,(H,13,14)(H,15,16). The quantitative estimate of drug-likeness (QED) is 0.638. The van der Waals surface area contributed by atoms with Crippen LogP contribution in [0.5, 0.6) is 0 Å². The van der Waals surface area contributed by atoms with Gasteiger partial charge in [-0.3, -0.25) is 9.59 Å². The van der Waals surface area contributed by atoms with E-state index in [-0.39, 0.29) is 32.1 Å². The third-order valence-electron chi connectivity index (χ3n) is 2.38. The molecule has 0 radical (unpaired) electrons. The Morgan fingerprint density at radius 1 is 1.12 bits per heavy atom. The number of carboxylic acids is 2. The number of hydrogen-bond donors (Lipinski definition) is 2. The minimum atomic E-state index is -1.18. The van der Waals surface area contributed by atoms with Crippen LogP contribution in [0.25, 0.3) is 0 Å². The second kappa shape index (κ2) is 6.53. The zero-order valence-corrected chi connectivity index (χ0v) is 8.90. The number of terminal acetylenes is 2. The van der Waals surface area contributed by atoms with E-state index in [0.29, 0.717) is 0 Å². The fourth-order valence-electron chi connectivity index (χ4n) is 1.47. The molecule has 0 aliphatic heterocycles. The van der Waals surface area contributed by atoms with Gasteiger partial charge in [-0.05, 0) is 12.8 Å². The normalized spacial score (nSPS) is 10.1. The molecule has 0 aliphatic rings. The van der Waals surface area contributed by atoms with Gasteiger partial charge in [0.05, 0.1) is 5.41 Å². The van der Waals surface area contributed by atoms with Gasteiger partial charge in [-0.1, -0.05) is 0 Å². The number of rotatable bonds is 7. The van der Waals surface area contributed by atoms with Crippen LogP contribution in [-0.4, -0.2) is 22.2 Å². The molecule has 0 fully saturated rings. The van der Waals surface area contributed by atoms with Gasteiger partial charge >= 0.3 is 11.9 Å². The van der Waals surface area contributed by atoms with Crippen LogP contribution in [0.15, 0.2) is 0 Å². The Balaban J connectivity index is 4.64. The summed E-state index contributed by atoms with van der Waals surface area (Å²) in [5, 5.41) is 17.6. The zero-order valence-electron chi connectivity index (χ0n) is 8.90. The SMILES string of the molecule is C#CCC(CC#C)(CCCC(=O)O)C(=O)O. The highest BCUT2D eigenvalue weighted by Crippen LogP contribution is 2.32.